The maximum absolute atomic E-state index is 10.5. The lowest BCUT2D eigenvalue weighted by atomic mass is 10.2. The SMILES string of the molecule is CC(C)CNCc1cc(Cl)ccc1OCC(=O)O. The number of aliphatic carboxylic acids is 1. The van der Waals surface area contributed by atoms with Crippen LogP contribution in [0.15, 0.2) is 18.2 Å². The summed E-state index contributed by atoms with van der Waals surface area (Å²) in [5, 5.41) is 12.5. The molecule has 5 heteroatoms. The van der Waals surface area contributed by atoms with Gasteiger partial charge in [-0.2, -0.15) is 0 Å². The minimum atomic E-state index is -0.994. The Morgan fingerprint density at radius 1 is 1.50 bits per heavy atom. The van der Waals surface area contributed by atoms with Crippen molar-refractivity contribution in [2.45, 2.75) is 20.4 Å². The van der Waals surface area contributed by atoms with Gasteiger partial charge in [-0.1, -0.05) is 25.4 Å². The van der Waals surface area contributed by atoms with Crippen LogP contribution in [0.2, 0.25) is 5.02 Å². The highest BCUT2D eigenvalue weighted by atomic mass is 35.5. The third kappa shape index (κ3) is 5.38. The van der Waals surface area contributed by atoms with Crippen molar-refractivity contribution in [3.05, 3.63) is 28.8 Å². The largest absolute Gasteiger partial charge is 0.482 e. The van der Waals surface area contributed by atoms with Crippen molar-refractivity contribution in [1.82, 2.24) is 5.32 Å². The lowest BCUT2D eigenvalue weighted by molar-refractivity contribution is -0.139. The van der Waals surface area contributed by atoms with Gasteiger partial charge in [0.25, 0.3) is 0 Å². The van der Waals surface area contributed by atoms with Crippen LogP contribution in [-0.2, 0) is 11.3 Å². The van der Waals surface area contributed by atoms with E-state index in [9.17, 15) is 4.79 Å². The van der Waals surface area contributed by atoms with E-state index in [4.69, 9.17) is 21.4 Å². The Kier molecular flexibility index (Phi) is 5.95. The fourth-order valence-corrected chi connectivity index (χ4v) is 1.66. The summed E-state index contributed by atoms with van der Waals surface area (Å²) in [5.74, 6) is 0.108. The number of halogens is 1. The van der Waals surface area contributed by atoms with Gasteiger partial charge >= 0.3 is 5.97 Å². The topological polar surface area (TPSA) is 58.6 Å². The fraction of sp³-hybridized carbons (Fsp3) is 0.462. The van der Waals surface area contributed by atoms with E-state index in [1.165, 1.54) is 0 Å². The molecule has 1 rings (SSSR count). The lowest BCUT2D eigenvalue weighted by Gasteiger charge is -2.12. The Bertz CT molecular complexity index is 407. The summed E-state index contributed by atoms with van der Waals surface area (Å²) in [6.07, 6.45) is 0. The third-order valence-corrected chi connectivity index (χ3v) is 2.48. The van der Waals surface area contributed by atoms with E-state index in [1.54, 1.807) is 18.2 Å². The van der Waals surface area contributed by atoms with E-state index < -0.39 is 5.97 Å². The molecular formula is C13H18ClNO3. The van der Waals surface area contributed by atoms with Crippen LogP contribution >= 0.6 is 11.6 Å². The van der Waals surface area contributed by atoms with Gasteiger partial charge in [0.15, 0.2) is 6.61 Å². The summed E-state index contributed by atoms with van der Waals surface area (Å²) in [6, 6.07) is 5.16. The molecule has 0 aliphatic carbocycles. The summed E-state index contributed by atoms with van der Waals surface area (Å²) in [7, 11) is 0. The van der Waals surface area contributed by atoms with Crippen LogP contribution < -0.4 is 10.1 Å². The van der Waals surface area contributed by atoms with E-state index in [1.807, 2.05) is 0 Å². The molecule has 0 fully saturated rings. The summed E-state index contributed by atoms with van der Waals surface area (Å²) in [6.45, 7) is 5.37. The number of hydrogen-bond acceptors (Lipinski definition) is 3. The second-order valence-electron chi connectivity index (χ2n) is 4.46. The molecule has 2 N–H and O–H groups in total. The lowest BCUT2D eigenvalue weighted by Crippen LogP contribution is -2.20. The minimum Gasteiger partial charge on any atom is -0.482 e. The number of benzene rings is 1. The van der Waals surface area contributed by atoms with Crippen molar-refractivity contribution in [3.8, 4) is 5.75 Å². The van der Waals surface area contributed by atoms with Crippen LogP contribution in [0, 0.1) is 5.92 Å². The summed E-state index contributed by atoms with van der Waals surface area (Å²) in [5.41, 5.74) is 0.865. The Hall–Kier alpha value is -1.26. The molecule has 0 saturated heterocycles. The predicted molar refractivity (Wildman–Crippen MR) is 71.1 cm³/mol. The zero-order chi connectivity index (χ0) is 13.5. The van der Waals surface area contributed by atoms with Gasteiger partial charge in [0.2, 0.25) is 0 Å². The highest BCUT2D eigenvalue weighted by Gasteiger charge is 2.07. The zero-order valence-electron chi connectivity index (χ0n) is 10.6. The molecule has 100 valence electrons. The first-order valence-corrected chi connectivity index (χ1v) is 6.20. The second kappa shape index (κ2) is 7.24. The van der Waals surface area contributed by atoms with E-state index in [2.05, 4.69) is 19.2 Å². The van der Waals surface area contributed by atoms with Crippen LogP contribution in [0.25, 0.3) is 0 Å². The van der Waals surface area contributed by atoms with Crippen molar-refractivity contribution in [3.63, 3.8) is 0 Å². The van der Waals surface area contributed by atoms with Crippen LogP contribution in [-0.4, -0.2) is 24.2 Å². The molecule has 4 nitrogen and oxygen atoms in total. The molecular weight excluding hydrogens is 254 g/mol. The van der Waals surface area contributed by atoms with Gasteiger partial charge in [-0.3, -0.25) is 0 Å². The third-order valence-electron chi connectivity index (χ3n) is 2.24. The Balaban J connectivity index is 2.67. The number of hydrogen-bond donors (Lipinski definition) is 2. The number of carboxylic acid groups (broad SMARTS) is 1. The van der Waals surface area contributed by atoms with Gasteiger partial charge in [-0.25, -0.2) is 4.79 Å². The quantitative estimate of drug-likeness (QED) is 0.800. The maximum Gasteiger partial charge on any atom is 0.341 e. The number of carboxylic acids is 1. The zero-order valence-corrected chi connectivity index (χ0v) is 11.3. The maximum atomic E-state index is 10.5. The van der Waals surface area contributed by atoms with Gasteiger partial charge in [0.05, 0.1) is 0 Å². The van der Waals surface area contributed by atoms with Crippen LogP contribution in [0.3, 0.4) is 0 Å². The molecule has 0 amide bonds. The van der Waals surface area contributed by atoms with E-state index in [0.717, 1.165) is 12.1 Å². The van der Waals surface area contributed by atoms with Gasteiger partial charge < -0.3 is 15.2 Å². The first-order chi connectivity index (χ1) is 8.49. The van der Waals surface area contributed by atoms with Crippen LogP contribution in [0.5, 0.6) is 5.75 Å². The highest BCUT2D eigenvalue weighted by Crippen LogP contribution is 2.22. The summed E-state index contributed by atoms with van der Waals surface area (Å²) < 4.78 is 5.21. The van der Waals surface area contributed by atoms with E-state index in [-0.39, 0.29) is 6.61 Å². The van der Waals surface area contributed by atoms with Gasteiger partial charge in [-0.15, -0.1) is 0 Å². The normalized spacial score (nSPS) is 10.7. The Labute approximate surface area is 112 Å². The number of ether oxygens (including phenoxy) is 1. The second-order valence-corrected chi connectivity index (χ2v) is 4.90. The monoisotopic (exact) mass is 271 g/mol. The van der Waals surface area contributed by atoms with Gasteiger partial charge in [-0.05, 0) is 30.7 Å². The fourth-order valence-electron chi connectivity index (χ4n) is 1.46. The Morgan fingerprint density at radius 2 is 2.22 bits per heavy atom. The first-order valence-electron chi connectivity index (χ1n) is 5.82. The molecule has 0 bridgehead atoms. The number of nitrogens with one attached hydrogen (secondary N) is 1. The molecule has 0 heterocycles. The van der Waals surface area contributed by atoms with Crippen molar-refractivity contribution >= 4 is 17.6 Å². The van der Waals surface area contributed by atoms with E-state index in [0.29, 0.717) is 23.2 Å². The van der Waals surface area contributed by atoms with Crippen LogP contribution in [0.1, 0.15) is 19.4 Å². The molecule has 0 aliphatic rings. The summed E-state index contributed by atoms with van der Waals surface area (Å²) >= 11 is 5.92. The Morgan fingerprint density at radius 3 is 2.83 bits per heavy atom. The molecule has 1 aromatic carbocycles. The minimum absolute atomic E-state index is 0.348. The smallest absolute Gasteiger partial charge is 0.341 e. The average Bonchev–Trinajstić information content (AvgIpc) is 2.27. The number of carbonyl (C=O) groups is 1. The molecule has 0 unspecified atom stereocenters. The van der Waals surface area contributed by atoms with Crippen molar-refractivity contribution in [1.29, 1.82) is 0 Å². The average molecular weight is 272 g/mol. The predicted octanol–water partition coefficient (Wildman–Crippen LogP) is 2.55. The van der Waals surface area contributed by atoms with Crippen molar-refractivity contribution < 1.29 is 14.6 Å². The molecule has 0 atom stereocenters. The standard InChI is InChI=1S/C13H18ClNO3/c1-9(2)6-15-7-10-5-11(14)3-4-12(10)18-8-13(16)17/h3-5,9,15H,6-8H2,1-2H3,(H,16,17). The molecule has 0 aromatic heterocycles. The number of rotatable bonds is 7. The van der Waals surface area contributed by atoms with Crippen molar-refractivity contribution in [2.24, 2.45) is 5.92 Å². The molecule has 1 aromatic rings. The molecule has 0 aliphatic heterocycles. The van der Waals surface area contributed by atoms with E-state index >= 15 is 0 Å². The van der Waals surface area contributed by atoms with Crippen LogP contribution in [0.4, 0.5) is 0 Å². The molecule has 0 saturated carbocycles. The first kappa shape index (κ1) is 14.8. The summed E-state index contributed by atoms with van der Waals surface area (Å²) in [4.78, 5) is 10.5. The molecule has 18 heavy (non-hydrogen) atoms. The highest BCUT2D eigenvalue weighted by molar-refractivity contribution is 6.30. The van der Waals surface area contributed by atoms with Crippen molar-refractivity contribution in [2.75, 3.05) is 13.2 Å². The van der Waals surface area contributed by atoms with Gasteiger partial charge in [0, 0.05) is 17.1 Å². The molecule has 0 spiro atoms. The molecule has 0 radical (unpaired) electrons. The van der Waals surface area contributed by atoms with Gasteiger partial charge in [0.1, 0.15) is 5.75 Å².